The van der Waals surface area contributed by atoms with Gasteiger partial charge in [-0.05, 0) is 73.0 Å². The minimum absolute atomic E-state index is 0.117. The first-order valence-corrected chi connectivity index (χ1v) is 10.3. The molecule has 3 heterocycles. The first-order valence-electron chi connectivity index (χ1n) is 10.3. The maximum atomic E-state index is 5.78. The summed E-state index contributed by atoms with van der Waals surface area (Å²) in [5.74, 6) is 3.23. The van der Waals surface area contributed by atoms with Crippen LogP contribution in [0.15, 0.2) is 60.8 Å². The standard InChI is InChI=1S/C24H24N6O/c1-15-28-29-24-12-9-21(27-18-5-7-19(31-2)8-6-18)20-13-16(3-10-22(20)30(15)24)17-4-11-23(25)26-14-17/h3-8,10-11,13-14,21,27H,9,12H2,1-2H3,(H2,25,26). The van der Waals surface area contributed by atoms with E-state index in [9.17, 15) is 0 Å². The molecule has 0 aliphatic carbocycles. The second-order valence-corrected chi connectivity index (χ2v) is 7.71. The Morgan fingerprint density at radius 2 is 1.84 bits per heavy atom. The van der Waals surface area contributed by atoms with Crippen molar-refractivity contribution in [2.45, 2.75) is 25.8 Å². The number of nitrogen functional groups attached to an aromatic ring is 1. The average Bonchev–Trinajstić information content (AvgIpc) is 3.09. The van der Waals surface area contributed by atoms with Crippen LogP contribution in [0.2, 0.25) is 0 Å². The lowest BCUT2D eigenvalue weighted by Crippen LogP contribution is -2.12. The molecule has 0 fully saturated rings. The van der Waals surface area contributed by atoms with Crippen molar-refractivity contribution >= 4 is 11.5 Å². The highest BCUT2D eigenvalue weighted by Crippen LogP contribution is 2.36. The molecule has 2 aromatic carbocycles. The predicted octanol–water partition coefficient (Wildman–Crippen LogP) is 4.33. The second-order valence-electron chi connectivity index (χ2n) is 7.71. The largest absolute Gasteiger partial charge is 0.497 e. The number of anilines is 2. The van der Waals surface area contributed by atoms with Gasteiger partial charge in [0, 0.05) is 23.9 Å². The van der Waals surface area contributed by atoms with E-state index in [1.165, 1.54) is 5.56 Å². The summed E-state index contributed by atoms with van der Waals surface area (Å²) in [7, 11) is 1.68. The summed E-state index contributed by atoms with van der Waals surface area (Å²) in [6.07, 6.45) is 3.55. The molecule has 1 unspecified atom stereocenters. The van der Waals surface area contributed by atoms with E-state index in [1.807, 2.05) is 49.5 Å². The molecule has 3 N–H and O–H groups in total. The fourth-order valence-corrected chi connectivity index (χ4v) is 4.14. The van der Waals surface area contributed by atoms with Crippen LogP contribution in [0.25, 0.3) is 16.8 Å². The Hall–Kier alpha value is -3.87. The van der Waals surface area contributed by atoms with Crippen LogP contribution < -0.4 is 15.8 Å². The van der Waals surface area contributed by atoms with Gasteiger partial charge in [0.05, 0.1) is 18.8 Å². The van der Waals surface area contributed by atoms with Crippen molar-refractivity contribution in [3.63, 3.8) is 0 Å². The van der Waals surface area contributed by atoms with Gasteiger partial charge in [0.1, 0.15) is 23.2 Å². The van der Waals surface area contributed by atoms with Gasteiger partial charge in [-0.1, -0.05) is 6.07 Å². The number of pyridine rings is 1. The maximum absolute atomic E-state index is 5.78. The van der Waals surface area contributed by atoms with Gasteiger partial charge in [-0.25, -0.2) is 4.98 Å². The summed E-state index contributed by atoms with van der Waals surface area (Å²) in [6, 6.07) is 18.5. The molecule has 4 aromatic rings. The Bertz CT molecular complexity index is 1210. The third-order valence-corrected chi connectivity index (χ3v) is 5.74. The van der Waals surface area contributed by atoms with E-state index < -0.39 is 0 Å². The number of benzene rings is 2. The van der Waals surface area contributed by atoms with Crippen LogP contribution >= 0.6 is 0 Å². The lowest BCUT2D eigenvalue weighted by molar-refractivity contribution is 0.415. The molecule has 0 amide bonds. The zero-order chi connectivity index (χ0) is 21.4. The first kappa shape index (κ1) is 19.1. The van der Waals surface area contributed by atoms with Gasteiger partial charge in [0.15, 0.2) is 0 Å². The molecule has 0 saturated carbocycles. The van der Waals surface area contributed by atoms with E-state index in [0.29, 0.717) is 5.82 Å². The van der Waals surface area contributed by atoms with Gasteiger partial charge >= 0.3 is 0 Å². The number of hydrogen-bond acceptors (Lipinski definition) is 6. The fraction of sp³-hybridized carbons (Fsp3) is 0.208. The number of aryl methyl sites for hydroxylation is 2. The Morgan fingerprint density at radius 3 is 2.58 bits per heavy atom. The van der Waals surface area contributed by atoms with E-state index in [4.69, 9.17) is 10.5 Å². The summed E-state index contributed by atoms with van der Waals surface area (Å²) in [4.78, 5) is 4.26. The molecular weight excluding hydrogens is 388 g/mol. The van der Waals surface area contributed by atoms with Crippen LogP contribution in [0.1, 0.15) is 29.7 Å². The number of rotatable bonds is 4. The smallest absolute Gasteiger partial charge is 0.137 e. The van der Waals surface area contributed by atoms with Gasteiger partial charge in [0.2, 0.25) is 0 Å². The van der Waals surface area contributed by atoms with E-state index >= 15 is 0 Å². The number of methoxy groups -OCH3 is 1. The topological polar surface area (TPSA) is 90.9 Å². The minimum atomic E-state index is 0.117. The zero-order valence-corrected chi connectivity index (χ0v) is 17.5. The molecule has 1 atom stereocenters. The predicted molar refractivity (Wildman–Crippen MR) is 121 cm³/mol. The monoisotopic (exact) mass is 412 g/mol. The number of ether oxygens (including phenoxy) is 1. The zero-order valence-electron chi connectivity index (χ0n) is 17.5. The summed E-state index contributed by atoms with van der Waals surface area (Å²) in [5.41, 5.74) is 11.3. The first-order chi connectivity index (χ1) is 15.1. The van der Waals surface area contributed by atoms with Crippen LogP contribution in [0.5, 0.6) is 5.75 Å². The molecule has 31 heavy (non-hydrogen) atoms. The quantitative estimate of drug-likeness (QED) is 0.518. The summed E-state index contributed by atoms with van der Waals surface area (Å²) in [6.45, 7) is 2.00. The lowest BCUT2D eigenvalue weighted by Gasteiger charge is -2.22. The summed E-state index contributed by atoms with van der Waals surface area (Å²) in [5, 5.41) is 12.4. The molecule has 0 radical (unpaired) electrons. The van der Waals surface area contributed by atoms with Gasteiger partial charge in [-0.3, -0.25) is 4.57 Å². The number of nitrogens with two attached hydrogens (primary N) is 1. The lowest BCUT2D eigenvalue weighted by atomic mass is 9.96. The van der Waals surface area contributed by atoms with Gasteiger partial charge in [0.25, 0.3) is 0 Å². The van der Waals surface area contributed by atoms with E-state index in [0.717, 1.165) is 52.7 Å². The normalized spacial score (nSPS) is 15.0. The molecule has 0 spiro atoms. The van der Waals surface area contributed by atoms with E-state index in [-0.39, 0.29) is 6.04 Å². The third kappa shape index (κ3) is 3.59. The molecule has 156 valence electrons. The molecule has 2 aromatic heterocycles. The molecule has 0 saturated heterocycles. The van der Waals surface area contributed by atoms with Crippen molar-refractivity contribution in [3.8, 4) is 22.6 Å². The SMILES string of the molecule is COc1ccc(NC2CCc3nnc(C)n3-c3ccc(-c4ccc(N)nc4)cc32)cc1. The van der Waals surface area contributed by atoms with Gasteiger partial charge in [-0.15, -0.1) is 10.2 Å². The van der Waals surface area contributed by atoms with Crippen molar-refractivity contribution in [2.24, 2.45) is 0 Å². The van der Waals surface area contributed by atoms with E-state index in [2.05, 4.69) is 43.3 Å². The Morgan fingerprint density at radius 1 is 1.03 bits per heavy atom. The average molecular weight is 412 g/mol. The van der Waals surface area contributed by atoms with Crippen LogP contribution in [0.4, 0.5) is 11.5 Å². The molecule has 0 bridgehead atoms. The molecule has 7 nitrogen and oxygen atoms in total. The molecule has 1 aliphatic rings. The van der Waals surface area contributed by atoms with Gasteiger partial charge in [-0.2, -0.15) is 0 Å². The maximum Gasteiger partial charge on any atom is 0.137 e. The highest BCUT2D eigenvalue weighted by atomic mass is 16.5. The van der Waals surface area contributed by atoms with Crippen molar-refractivity contribution < 1.29 is 4.74 Å². The molecule has 1 aliphatic heterocycles. The van der Waals surface area contributed by atoms with Crippen LogP contribution in [-0.4, -0.2) is 26.9 Å². The number of aromatic nitrogens is 4. The summed E-state index contributed by atoms with van der Waals surface area (Å²) >= 11 is 0. The van der Waals surface area contributed by atoms with Crippen LogP contribution in [0.3, 0.4) is 0 Å². The van der Waals surface area contributed by atoms with Gasteiger partial charge < -0.3 is 15.8 Å². The number of hydrogen-bond donors (Lipinski definition) is 2. The number of fused-ring (bicyclic) bond motifs is 3. The molecule has 7 heteroatoms. The fourth-order valence-electron chi connectivity index (χ4n) is 4.14. The third-order valence-electron chi connectivity index (χ3n) is 5.74. The number of nitrogens with one attached hydrogen (secondary N) is 1. The number of nitrogens with zero attached hydrogens (tertiary/aromatic N) is 4. The van der Waals surface area contributed by atoms with Crippen molar-refractivity contribution in [2.75, 3.05) is 18.2 Å². The minimum Gasteiger partial charge on any atom is -0.497 e. The van der Waals surface area contributed by atoms with E-state index in [1.54, 1.807) is 7.11 Å². The van der Waals surface area contributed by atoms with Crippen molar-refractivity contribution in [1.82, 2.24) is 19.7 Å². The highest BCUT2D eigenvalue weighted by molar-refractivity contribution is 5.68. The Labute approximate surface area is 180 Å². The highest BCUT2D eigenvalue weighted by Gasteiger charge is 2.25. The Balaban J connectivity index is 1.59. The Kier molecular flexibility index (Phi) is 4.78. The van der Waals surface area contributed by atoms with Crippen molar-refractivity contribution in [1.29, 1.82) is 0 Å². The second kappa shape index (κ2) is 7.75. The molecular formula is C24H24N6O. The molecule has 5 rings (SSSR count). The summed E-state index contributed by atoms with van der Waals surface area (Å²) < 4.78 is 7.46. The van der Waals surface area contributed by atoms with Crippen molar-refractivity contribution in [3.05, 3.63) is 78.0 Å². The van der Waals surface area contributed by atoms with Crippen LogP contribution in [-0.2, 0) is 6.42 Å². The van der Waals surface area contributed by atoms with Crippen LogP contribution in [0, 0.1) is 6.92 Å².